The summed E-state index contributed by atoms with van der Waals surface area (Å²) in [6.45, 7) is 5.18. The van der Waals surface area contributed by atoms with Crippen LogP contribution in [0.25, 0.3) is 0 Å². The van der Waals surface area contributed by atoms with Gasteiger partial charge in [0.25, 0.3) is 0 Å². The molecule has 0 aromatic heterocycles. The SMILES string of the molecule is CN=C(NCC1CCCC1O)N1CCC(N2CC=CC2)C1.I. The number of aliphatic hydroxyl groups excluding tert-OH is 1. The first-order valence-electron chi connectivity index (χ1n) is 8.30. The minimum Gasteiger partial charge on any atom is -0.393 e. The molecule has 1 saturated carbocycles. The predicted octanol–water partition coefficient (Wildman–Crippen LogP) is 1.29. The zero-order valence-electron chi connectivity index (χ0n) is 13.4. The second kappa shape index (κ2) is 8.49. The average molecular weight is 420 g/mol. The minimum atomic E-state index is -0.127. The number of aliphatic imine (C=N–C) groups is 1. The van der Waals surface area contributed by atoms with E-state index in [1.54, 1.807) is 0 Å². The maximum atomic E-state index is 9.92. The number of nitrogens with one attached hydrogen (secondary N) is 1. The molecule has 3 unspecified atom stereocenters. The number of hydrogen-bond donors (Lipinski definition) is 2. The van der Waals surface area contributed by atoms with Gasteiger partial charge in [0, 0.05) is 51.7 Å². The standard InChI is InChI=1S/C16H28N4O.HI/c1-17-16(18-11-13-5-4-6-15(13)21)20-10-7-14(12-20)19-8-2-3-9-19;/h2-3,13-15,21H,4-12H2,1H3,(H,17,18);1H. The van der Waals surface area contributed by atoms with Gasteiger partial charge in [0.1, 0.15) is 0 Å². The van der Waals surface area contributed by atoms with E-state index in [0.717, 1.165) is 57.9 Å². The van der Waals surface area contributed by atoms with Crippen LogP contribution in [-0.4, -0.2) is 72.8 Å². The largest absolute Gasteiger partial charge is 0.393 e. The van der Waals surface area contributed by atoms with Gasteiger partial charge in [-0.25, -0.2) is 0 Å². The van der Waals surface area contributed by atoms with E-state index >= 15 is 0 Å². The third-order valence-electron chi connectivity index (χ3n) is 5.18. The molecule has 1 saturated heterocycles. The lowest BCUT2D eigenvalue weighted by Crippen LogP contribution is -2.44. The number of aliphatic hydroxyl groups is 1. The van der Waals surface area contributed by atoms with Gasteiger partial charge in [0.15, 0.2) is 5.96 Å². The van der Waals surface area contributed by atoms with Crippen LogP contribution >= 0.6 is 24.0 Å². The van der Waals surface area contributed by atoms with Crippen molar-refractivity contribution in [3.8, 4) is 0 Å². The average Bonchev–Trinajstić information content (AvgIpc) is 3.20. The van der Waals surface area contributed by atoms with E-state index < -0.39 is 0 Å². The summed E-state index contributed by atoms with van der Waals surface area (Å²) in [5.74, 6) is 1.40. The monoisotopic (exact) mass is 420 g/mol. The Morgan fingerprint density at radius 1 is 1.27 bits per heavy atom. The van der Waals surface area contributed by atoms with Crippen LogP contribution in [0.3, 0.4) is 0 Å². The molecule has 0 aromatic rings. The quantitative estimate of drug-likeness (QED) is 0.313. The van der Waals surface area contributed by atoms with E-state index in [0.29, 0.717) is 12.0 Å². The predicted molar refractivity (Wildman–Crippen MR) is 101 cm³/mol. The zero-order chi connectivity index (χ0) is 14.7. The van der Waals surface area contributed by atoms with Crippen molar-refractivity contribution in [1.29, 1.82) is 0 Å². The molecular weight excluding hydrogens is 391 g/mol. The van der Waals surface area contributed by atoms with Crippen molar-refractivity contribution in [3.63, 3.8) is 0 Å². The van der Waals surface area contributed by atoms with Crippen molar-refractivity contribution in [2.45, 2.75) is 37.8 Å². The number of halogens is 1. The van der Waals surface area contributed by atoms with Gasteiger partial charge < -0.3 is 15.3 Å². The maximum Gasteiger partial charge on any atom is 0.193 e. The molecule has 2 heterocycles. The Labute approximate surface area is 150 Å². The Bertz CT molecular complexity index is 407. The first kappa shape index (κ1) is 18.0. The molecule has 3 rings (SSSR count). The molecular formula is C16H29IN4O. The summed E-state index contributed by atoms with van der Waals surface area (Å²) in [5.41, 5.74) is 0. The first-order valence-corrected chi connectivity index (χ1v) is 8.30. The van der Waals surface area contributed by atoms with Crippen molar-refractivity contribution < 1.29 is 5.11 Å². The molecule has 0 spiro atoms. The topological polar surface area (TPSA) is 51.1 Å². The fraction of sp³-hybridized carbons (Fsp3) is 0.812. The summed E-state index contributed by atoms with van der Waals surface area (Å²) < 4.78 is 0. The Morgan fingerprint density at radius 2 is 2.05 bits per heavy atom. The fourth-order valence-electron chi connectivity index (χ4n) is 3.83. The smallest absolute Gasteiger partial charge is 0.193 e. The molecule has 22 heavy (non-hydrogen) atoms. The van der Waals surface area contributed by atoms with Crippen molar-refractivity contribution >= 4 is 29.9 Å². The Morgan fingerprint density at radius 3 is 2.68 bits per heavy atom. The highest BCUT2D eigenvalue weighted by atomic mass is 127. The van der Waals surface area contributed by atoms with Crippen molar-refractivity contribution in [2.75, 3.05) is 39.8 Å². The second-order valence-corrected chi connectivity index (χ2v) is 6.50. The Kier molecular flexibility index (Phi) is 6.95. The zero-order valence-corrected chi connectivity index (χ0v) is 15.8. The normalized spacial score (nSPS) is 32.5. The lowest BCUT2D eigenvalue weighted by Gasteiger charge is -2.26. The highest BCUT2D eigenvalue weighted by Gasteiger charge is 2.30. The van der Waals surface area contributed by atoms with Crippen LogP contribution in [0.5, 0.6) is 0 Å². The summed E-state index contributed by atoms with van der Waals surface area (Å²) in [6, 6.07) is 0.649. The molecule has 2 fully saturated rings. The summed E-state index contributed by atoms with van der Waals surface area (Å²) in [4.78, 5) is 9.33. The van der Waals surface area contributed by atoms with Gasteiger partial charge in [-0.15, -0.1) is 24.0 Å². The lowest BCUT2D eigenvalue weighted by atomic mass is 10.1. The summed E-state index contributed by atoms with van der Waals surface area (Å²) in [5, 5.41) is 13.4. The van der Waals surface area contributed by atoms with Crippen LogP contribution in [-0.2, 0) is 0 Å². The number of nitrogens with zero attached hydrogens (tertiary/aromatic N) is 3. The van der Waals surface area contributed by atoms with Crippen LogP contribution in [0.4, 0.5) is 0 Å². The molecule has 2 aliphatic heterocycles. The van der Waals surface area contributed by atoms with Gasteiger partial charge in [0.05, 0.1) is 6.10 Å². The minimum absolute atomic E-state index is 0. The molecule has 0 aromatic carbocycles. The van der Waals surface area contributed by atoms with Gasteiger partial charge in [-0.1, -0.05) is 18.6 Å². The number of likely N-dealkylation sites (tertiary alicyclic amines) is 1. The Balaban J connectivity index is 0.00000176. The lowest BCUT2D eigenvalue weighted by molar-refractivity contribution is 0.134. The first-order chi connectivity index (χ1) is 10.3. The van der Waals surface area contributed by atoms with E-state index in [-0.39, 0.29) is 30.1 Å². The molecule has 0 radical (unpaired) electrons. The van der Waals surface area contributed by atoms with Crippen LogP contribution in [0.2, 0.25) is 0 Å². The Hall–Kier alpha value is -0.340. The highest BCUT2D eigenvalue weighted by molar-refractivity contribution is 14.0. The maximum absolute atomic E-state index is 9.92. The summed E-state index contributed by atoms with van der Waals surface area (Å²) in [6.07, 6.45) is 8.85. The number of rotatable bonds is 3. The second-order valence-electron chi connectivity index (χ2n) is 6.50. The van der Waals surface area contributed by atoms with E-state index in [9.17, 15) is 5.11 Å². The highest BCUT2D eigenvalue weighted by Crippen LogP contribution is 2.25. The van der Waals surface area contributed by atoms with Crippen molar-refractivity contribution in [2.24, 2.45) is 10.9 Å². The van der Waals surface area contributed by atoms with Gasteiger partial charge >= 0.3 is 0 Å². The number of guanidine groups is 1. The molecule has 3 aliphatic rings. The molecule has 0 amide bonds. The van der Waals surface area contributed by atoms with Crippen molar-refractivity contribution in [3.05, 3.63) is 12.2 Å². The third-order valence-corrected chi connectivity index (χ3v) is 5.18. The summed E-state index contributed by atoms with van der Waals surface area (Å²) >= 11 is 0. The summed E-state index contributed by atoms with van der Waals surface area (Å²) in [7, 11) is 1.86. The fourth-order valence-corrected chi connectivity index (χ4v) is 3.83. The van der Waals surface area contributed by atoms with Crippen LogP contribution in [0.1, 0.15) is 25.7 Å². The van der Waals surface area contributed by atoms with E-state index in [1.165, 1.54) is 6.42 Å². The molecule has 0 bridgehead atoms. The molecule has 6 heteroatoms. The van der Waals surface area contributed by atoms with Gasteiger partial charge in [-0.2, -0.15) is 0 Å². The van der Waals surface area contributed by atoms with Crippen LogP contribution in [0, 0.1) is 5.92 Å². The van der Waals surface area contributed by atoms with E-state index in [4.69, 9.17) is 0 Å². The van der Waals surface area contributed by atoms with E-state index in [2.05, 4.69) is 32.3 Å². The molecule has 1 aliphatic carbocycles. The molecule has 3 atom stereocenters. The third kappa shape index (κ3) is 4.14. The molecule has 2 N–H and O–H groups in total. The van der Waals surface area contributed by atoms with Gasteiger partial charge in [-0.3, -0.25) is 9.89 Å². The number of hydrogen-bond acceptors (Lipinski definition) is 3. The van der Waals surface area contributed by atoms with Crippen LogP contribution < -0.4 is 5.32 Å². The van der Waals surface area contributed by atoms with Crippen molar-refractivity contribution in [1.82, 2.24) is 15.1 Å². The van der Waals surface area contributed by atoms with E-state index in [1.807, 2.05) is 7.05 Å². The van der Waals surface area contributed by atoms with Gasteiger partial charge in [0.2, 0.25) is 0 Å². The molecule has 5 nitrogen and oxygen atoms in total. The van der Waals surface area contributed by atoms with Crippen LogP contribution in [0.15, 0.2) is 17.1 Å². The van der Waals surface area contributed by atoms with Gasteiger partial charge in [-0.05, 0) is 19.3 Å². The molecule has 126 valence electrons.